The fourth-order valence-corrected chi connectivity index (χ4v) is 1.89. The topological polar surface area (TPSA) is 94.4 Å². The Morgan fingerprint density at radius 3 is 3.00 bits per heavy atom. The van der Waals surface area contributed by atoms with Gasteiger partial charge in [-0.25, -0.2) is 4.39 Å². The molecule has 2 aromatic rings. The van der Waals surface area contributed by atoms with Crippen LogP contribution in [0.5, 0.6) is 0 Å². The fourth-order valence-electron chi connectivity index (χ4n) is 1.89. The van der Waals surface area contributed by atoms with E-state index in [-0.39, 0.29) is 35.4 Å². The van der Waals surface area contributed by atoms with Crippen molar-refractivity contribution in [3.63, 3.8) is 0 Å². The number of hydrogen-bond acceptors (Lipinski definition) is 6. The normalized spacial score (nSPS) is 10.4. The highest BCUT2D eigenvalue weighted by Crippen LogP contribution is 2.32. The maximum atomic E-state index is 14.0. The minimum absolute atomic E-state index is 0.0655. The van der Waals surface area contributed by atoms with Crippen LogP contribution in [0, 0.1) is 15.9 Å². The van der Waals surface area contributed by atoms with Crippen molar-refractivity contribution in [2.75, 3.05) is 18.5 Å². The number of non-ortho nitro benzene ring substituents is 1. The summed E-state index contributed by atoms with van der Waals surface area (Å²) in [4.78, 5) is 25.5. The van der Waals surface area contributed by atoms with Crippen molar-refractivity contribution in [2.24, 2.45) is 0 Å². The molecule has 21 heavy (non-hydrogen) atoms. The summed E-state index contributed by atoms with van der Waals surface area (Å²) in [5.74, 6) is -1.41. The number of ether oxygens (including phenoxy) is 1. The number of nitrogens with zero attached hydrogens (tertiary/aromatic N) is 2. The van der Waals surface area contributed by atoms with E-state index in [2.05, 4.69) is 10.3 Å². The minimum Gasteiger partial charge on any atom is -0.465 e. The maximum absolute atomic E-state index is 14.0. The Bertz CT molecular complexity index is 705. The van der Waals surface area contributed by atoms with Crippen molar-refractivity contribution in [1.29, 1.82) is 0 Å². The molecule has 0 unspecified atom stereocenters. The molecule has 7 nitrogen and oxygen atoms in total. The zero-order valence-electron chi connectivity index (χ0n) is 11.1. The molecule has 0 aliphatic carbocycles. The number of nitro benzene ring substituents is 1. The molecule has 0 saturated carbocycles. The van der Waals surface area contributed by atoms with Gasteiger partial charge in [-0.1, -0.05) is 0 Å². The number of fused-ring (bicyclic) bond motifs is 1. The maximum Gasteiger partial charge on any atom is 0.325 e. The van der Waals surface area contributed by atoms with E-state index in [4.69, 9.17) is 4.74 Å². The van der Waals surface area contributed by atoms with Crippen molar-refractivity contribution in [3.05, 3.63) is 40.3 Å². The number of esters is 1. The summed E-state index contributed by atoms with van der Waals surface area (Å²) in [5, 5.41) is 13.7. The first-order valence-corrected chi connectivity index (χ1v) is 6.15. The summed E-state index contributed by atoms with van der Waals surface area (Å²) >= 11 is 0. The van der Waals surface area contributed by atoms with E-state index in [1.54, 1.807) is 6.92 Å². The van der Waals surface area contributed by atoms with Gasteiger partial charge in [-0.2, -0.15) is 0 Å². The van der Waals surface area contributed by atoms with Crippen molar-refractivity contribution < 1.29 is 18.8 Å². The predicted molar refractivity (Wildman–Crippen MR) is 73.5 cm³/mol. The van der Waals surface area contributed by atoms with Gasteiger partial charge in [0.15, 0.2) is 5.82 Å². The molecular weight excluding hydrogens is 281 g/mol. The summed E-state index contributed by atoms with van der Waals surface area (Å²) in [6.07, 6.45) is 1.39. The highest BCUT2D eigenvalue weighted by Gasteiger charge is 2.20. The molecule has 1 heterocycles. The molecule has 8 heteroatoms. The molecule has 0 aliphatic rings. The Kier molecular flexibility index (Phi) is 4.27. The van der Waals surface area contributed by atoms with Gasteiger partial charge in [0.2, 0.25) is 0 Å². The molecule has 0 radical (unpaired) electrons. The second-order valence-electron chi connectivity index (χ2n) is 4.07. The van der Waals surface area contributed by atoms with Crippen molar-refractivity contribution in [1.82, 2.24) is 4.98 Å². The second-order valence-corrected chi connectivity index (χ2v) is 4.07. The summed E-state index contributed by atoms with van der Waals surface area (Å²) in [6.45, 7) is 1.61. The highest BCUT2D eigenvalue weighted by atomic mass is 19.1. The number of pyridine rings is 1. The number of rotatable bonds is 5. The van der Waals surface area contributed by atoms with Crippen molar-refractivity contribution in [2.45, 2.75) is 6.92 Å². The molecule has 0 saturated heterocycles. The van der Waals surface area contributed by atoms with Crippen LogP contribution in [0.3, 0.4) is 0 Å². The largest absolute Gasteiger partial charge is 0.465 e. The second kappa shape index (κ2) is 6.12. The van der Waals surface area contributed by atoms with Crippen LogP contribution in [0.1, 0.15) is 6.92 Å². The predicted octanol–water partition coefficient (Wildman–Crippen LogP) is 2.26. The molecule has 2 rings (SSSR count). The zero-order chi connectivity index (χ0) is 15.4. The van der Waals surface area contributed by atoms with E-state index in [0.29, 0.717) is 0 Å². The first kappa shape index (κ1) is 14.6. The van der Waals surface area contributed by atoms with Gasteiger partial charge in [-0.15, -0.1) is 0 Å². The van der Waals surface area contributed by atoms with Crippen LogP contribution in [0.15, 0.2) is 24.4 Å². The van der Waals surface area contributed by atoms with Gasteiger partial charge in [0.1, 0.15) is 12.1 Å². The van der Waals surface area contributed by atoms with E-state index in [1.807, 2.05) is 0 Å². The zero-order valence-corrected chi connectivity index (χ0v) is 11.1. The van der Waals surface area contributed by atoms with E-state index < -0.39 is 16.7 Å². The summed E-state index contributed by atoms with van der Waals surface area (Å²) in [7, 11) is 0. The molecule has 0 fully saturated rings. The van der Waals surface area contributed by atoms with Gasteiger partial charge in [0.05, 0.1) is 28.7 Å². The van der Waals surface area contributed by atoms with Gasteiger partial charge in [0.25, 0.3) is 5.69 Å². The van der Waals surface area contributed by atoms with Crippen LogP contribution < -0.4 is 5.32 Å². The van der Waals surface area contributed by atoms with Crippen LogP contribution >= 0.6 is 0 Å². The van der Waals surface area contributed by atoms with Crippen LogP contribution in [0.25, 0.3) is 10.9 Å². The molecule has 1 N–H and O–H groups in total. The standard InChI is InChI=1S/C13H12FN3O4/c1-2-21-11(18)7-16-13-9(14)6-10(17(19)20)8-4-3-5-15-12(8)13/h3-6,16H,2,7H2,1H3. The summed E-state index contributed by atoms with van der Waals surface area (Å²) < 4.78 is 18.7. The average Bonchev–Trinajstić information content (AvgIpc) is 2.45. The Morgan fingerprint density at radius 2 is 2.33 bits per heavy atom. The number of carbonyl (C=O) groups is 1. The van der Waals surface area contributed by atoms with Crippen molar-refractivity contribution >= 4 is 28.2 Å². The number of halogens is 1. The number of nitrogens with one attached hydrogen (secondary N) is 1. The molecule has 110 valence electrons. The van der Waals surface area contributed by atoms with Gasteiger partial charge >= 0.3 is 5.97 Å². The molecule has 1 aromatic heterocycles. The lowest BCUT2D eigenvalue weighted by Crippen LogP contribution is -2.17. The Morgan fingerprint density at radius 1 is 1.57 bits per heavy atom. The third kappa shape index (κ3) is 3.04. The number of carbonyl (C=O) groups excluding carboxylic acids is 1. The Labute approximate surface area is 118 Å². The lowest BCUT2D eigenvalue weighted by Gasteiger charge is -2.10. The van der Waals surface area contributed by atoms with Gasteiger partial charge in [-0.3, -0.25) is 19.9 Å². The van der Waals surface area contributed by atoms with Crippen LogP contribution in [0.4, 0.5) is 15.8 Å². The van der Waals surface area contributed by atoms with E-state index in [1.165, 1.54) is 18.3 Å². The molecule has 0 aliphatic heterocycles. The summed E-state index contributed by atoms with van der Waals surface area (Å²) in [6, 6.07) is 3.79. The fraction of sp³-hybridized carbons (Fsp3) is 0.231. The van der Waals surface area contributed by atoms with Gasteiger partial charge < -0.3 is 10.1 Å². The number of nitro groups is 1. The third-order valence-electron chi connectivity index (χ3n) is 2.73. The van der Waals surface area contributed by atoms with Gasteiger partial charge in [0, 0.05) is 6.20 Å². The molecule has 1 aromatic carbocycles. The lowest BCUT2D eigenvalue weighted by molar-refractivity contribution is -0.383. The third-order valence-corrected chi connectivity index (χ3v) is 2.73. The monoisotopic (exact) mass is 293 g/mol. The lowest BCUT2D eigenvalue weighted by atomic mass is 10.1. The number of anilines is 1. The quantitative estimate of drug-likeness (QED) is 0.516. The number of benzene rings is 1. The van der Waals surface area contributed by atoms with E-state index >= 15 is 0 Å². The van der Waals surface area contributed by atoms with Crippen LogP contribution in [-0.2, 0) is 9.53 Å². The van der Waals surface area contributed by atoms with Crippen LogP contribution in [-0.4, -0.2) is 29.0 Å². The first-order valence-electron chi connectivity index (χ1n) is 6.15. The van der Waals surface area contributed by atoms with E-state index in [0.717, 1.165) is 6.07 Å². The number of hydrogen-bond donors (Lipinski definition) is 1. The van der Waals surface area contributed by atoms with E-state index in [9.17, 15) is 19.3 Å². The summed E-state index contributed by atoms with van der Waals surface area (Å²) in [5.41, 5.74) is -0.352. The first-order chi connectivity index (χ1) is 10.0. The average molecular weight is 293 g/mol. The van der Waals surface area contributed by atoms with Crippen molar-refractivity contribution in [3.8, 4) is 0 Å². The van der Waals surface area contributed by atoms with Gasteiger partial charge in [-0.05, 0) is 19.1 Å². The Balaban J connectivity index is 2.45. The molecule has 0 amide bonds. The Hall–Kier alpha value is -2.77. The molecule has 0 bridgehead atoms. The highest BCUT2D eigenvalue weighted by molar-refractivity contribution is 5.97. The smallest absolute Gasteiger partial charge is 0.325 e. The molecular formula is C13H12FN3O4. The minimum atomic E-state index is -0.850. The van der Waals surface area contributed by atoms with Crippen LogP contribution in [0.2, 0.25) is 0 Å². The molecule has 0 atom stereocenters. The number of aromatic nitrogens is 1. The molecule has 0 spiro atoms. The SMILES string of the molecule is CCOC(=O)CNc1c(F)cc([N+](=O)[O-])c2cccnc12.